The van der Waals surface area contributed by atoms with Crippen molar-refractivity contribution in [3.63, 3.8) is 0 Å². The van der Waals surface area contributed by atoms with Gasteiger partial charge in [-0.1, -0.05) is 18.2 Å². The number of hydrogen-bond acceptors (Lipinski definition) is 4. The molecule has 0 radical (unpaired) electrons. The summed E-state index contributed by atoms with van der Waals surface area (Å²) in [5.41, 5.74) is 0. The number of benzene rings is 1. The molecule has 1 heterocycles. The molecule has 4 rings (SSSR count). The summed E-state index contributed by atoms with van der Waals surface area (Å²) in [6.07, 6.45) is 0.870. The van der Waals surface area contributed by atoms with E-state index in [0.717, 1.165) is 11.3 Å². The zero-order valence-electron chi connectivity index (χ0n) is 10.6. The lowest BCUT2D eigenvalue weighted by Gasteiger charge is -2.31. The maximum Gasteiger partial charge on any atom is 0.317 e. The van der Waals surface area contributed by atoms with E-state index in [4.69, 9.17) is 16.3 Å². The Hall–Kier alpha value is -1.00. The summed E-state index contributed by atoms with van der Waals surface area (Å²) in [7, 11) is 0. The minimum absolute atomic E-state index is 0.0649. The SMILES string of the molecule is O=C1OC(=O)[C@H]2[C@H]3C[C@@H]([C@H](Sc4ccccc4)[C@H]3Cl)[C@@H]12. The molecular formula is C15H13ClO3S. The lowest BCUT2D eigenvalue weighted by molar-refractivity contribution is -0.154. The first-order chi connectivity index (χ1) is 9.66. The van der Waals surface area contributed by atoms with Crippen molar-refractivity contribution in [1.82, 2.24) is 0 Å². The van der Waals surface area contributed by atoms with Gasteiger partial charge in [-0.2, -0.15) is 0 Å². The average molecular weight is 309 g/mol. The van der Waals surface area contributed by atoms with Crippen LogP contribution >= 0.6 is 23.4 Å². The molecule has 3 fully saturated rings. The van der Waals surface area contributed by atoms with Gasteiger partial charge < -0.3 is 4.74 Å². The van der Waals surface area contributed by atoms with Gasteiger partial charge in [-0.25, -0.2) is 0 Å². The van der Waals surface area contributed by atoms with Gasteiger partial charge in [0.15, 0.2) is 0 Å². The van der Waals surface area contributed by atoms with E-state index < -0.39 is 0 Å². The van der Waals surface area contributed by atoms with Gasteiger partial charge >= 0.3 is 11.9 Å². The van der Waals surface area contributed by atoms with Crippen LogP contribution in [0.15, 0.2) is 35.2 Å². The van der Waals surface area contributed by atoms with E-state index in [1.54, 1.807) is 11.8 Å². The number of rotatable bonds is 2. The van der Waals surface area contributed by atoms with Crippen molar-refractivity contribution in [3.05, 3.63) is 30.3 Å². The molecule has 2 saturated carbocycles. The summed E-state index contributed by atoms with van der Waals surface area (Å²) < 4.78 is 4.81. The molecule has 5 heteroatoms. The van der Waals surface area contributed by atoms with Crippen LogP contribution < -0.4 is 0 Å². The van der Waals surface area contributed by atoms with Gasteiger partial charge in [0.25, 0.3) is 0 Å². The van der Waals surface area contributed by atoms with Crippen LogP contribution in [0.4, 0.5) is 0 Å². The molecule has 0 N–H and O–H groups in total. The number of carbonyl (C=O) groups excluding carboxylic acids is 2. The quantitative estimate of drug-likeness (QED) is 0.479. The third kappa shape index (κ3) is 1.67. The molecule has 1 saturated heterocycles. The Balaban J connectivity index is 1.62. The first kappa shape index (κ1) is 12.7. The fourth-order valence-electron chi connectivity index (χ4n) is 3.97. The average Bonchev–Trinajstić information content (AvgIpc) is 3.05. The van der Waals surface area contributed by atoms with Gasteiger partial charge in [0.1, 0.15) is 0 Å². The Morgan fingerprint density at radius 3 is 2.40 bits per heavy atom. The first-order valence-corrected chi connectivity index (χ1v) is 8.10. The Kier molecular flexibility index (Phi) is 2.86. The number of cyclic esters (lactones) is 2. The summed E-state index contributed by atoms with van der Waals surface area (Å²) in [6, 6.07) is 10.1. The lowest BCUT2D eigenvalue weighted by Crippen LogP contribution is -2.39. The third-order valence-corrected chi connectivity index (χ3v) is 6.96. The highest BCUT2D eigenvalue weighted by molar-refractivity contribution is 8.00. The Morgan fingerprint density at radius 2 is 1.70 bits per heavy atom. The Bertz CT molecular complexity index is 576. The maximum atomic E-state index is 11.9. The van der Waals surface area contributed by atoms with Gasteiger partial charge in [-0.15, -0.1) is 23.4 Å². The summed E-state index contributed by atoms with van der Waals surface area (Å²) >= 11 is 8.29. The molecule has 2 bridgehead atoms. The topological polar surface area (TPSA) is 43.4 Å². The highest BCUT2D eigenvalue weighted by Crippen LogP contribution is 2.60. The van der Waals surface area contributed by atoms with Crippen LogP contribution in [0.2, 0.25) is 0 Å². The van der Waals surface area contributed by atoms with Crippen molar-refractivity contribution >= 4 is 35.3 Å². The van der Waals surface area contributed by atoms with E-state index in [2.05, 4.69) is 12.1 Å². The summed E-state index contributed by atoms with van der Waals surface area (Å²) in [6.45, 7) is 0. The van der Waals surface area contributed by atoms with E-state index in [1.165, 1.54) is 0 Å². The molecular weight excluding hydrogens is 296 g/mol. The number of alkyl halides is 1. The molecule has 2 aliphatic carbocycles. The molecule has 104 valence electrons. The highest BCUT2D eigenvalue weighted by Gasteiger charge is 2.66. The molecule has 0 aromatic heterocycles. The van der Waals surface area contributed by atoms with Gasteiger partial charge in [-0.3, -0.25) is 9.59 Å². The van der Waals surface area contributed by atoms with Crippen molar-refractivity contribution in [1.29, 1.82) is 0 Å². The monoisotopic (exact) mass is 308 g/mol. The van der Waals surface area contributed by atoms with Crippen LogP contribution in [-0.2, 0) is 14.3 Å². The van der Waals surface area contributed by atoms with Gasteiger partial charge in [0.05, 0.1) is 11.8 Å². The predicted molar refractivity (Wildman–Crippen MR) is 75.4 cm³/mol. The van der Waals surface area contributed by atoms with E-state index in [9.17, 15) is 9.59 Å². The minimum atomic E-state index is -0.360. The normalized spacial score (nSPS) is 41.9. The zero-order chi connectivity index (χ0) is 13.9. The van der Waals surface area contributed by atoms with Crippen molar-refractivity contribution in [2.24, 2.45) is 23.7 Å². The van der Waals surface area contributed by atoms with Crippen LogP contribution in [0.1, 0.15) is 6.42 Å². The van der Waals surface area contributed by atoms with E-state index >= 15 is 0 Å². The van der Waals surface area contributed by atoms with Crippen LogP contribution in [0.3, 0.4) is 0 Å². The standard InChI is InChI=1S/C15H13ClO3S/c16-12-8-6-9(11-10(8)14(17)19-15(11)18)13(12)20-7-4-2-1-3-5-7/h1-5,8-13H,6H2/t8-,9-,10+,11-,12+,13+/m1/s1. The number of thioether (sulfide) groups is 1. The molecule has 6 atom stereocenters. The minimum Gasteiger partial charge on any atom is -0.393 e. The fraction of sp³-hybridized carbons (Fsp3) is 0.467. The van der Waals surface area contributed by atoms with Gasteiger partial charge in [0, 0.05) is 15.5 Å². The Morgan fingerprint density at radius 1 is 1.05 bits per heavy atom. The van der Waals surface area contributed by atoms with Crippen LogP contribution in [0.5, 0.6) is 0 Å². The summed E-state index contributed by atoms with van der Waals surface area (Å²) in [5, 5.41) is 0.119. The number of esters is 2. The van der Waals surface area contributed by atoms with Gasteiger partial charge in [0.2, 0.25) is 0 Å². The number of carbonyl (C=O) groups is 2. The molecule has 3 aliphatic rings. The zero-order valence-corrected chi connectivity index (χ0v) is 12.1. The molecule has 20 heavy (non-hydrogen) atoms. The second-order valence-electron chi connectivity index (χ2n) is 5.70. The van der Waals surface area contributed by atoms with E-state index in [1.807, 2.05) is 18.2 Å². The van der Waals surface area contributed by atoms with Crippen LogP contribution in [-0.4, -0.2) is 22.6 Å². The van der Waals surface area contributed by atoms with E-state index in [-0.39, 0.29) is 46.2 Å². The molecule has 1 aliphatic heterocycles. The van der Waals surface area contributed by atoms with Crippen LogP contribution in [0.25, 0.3) is 0 Å². The number of ether oxygens (including phenoxy) is 1. The first-order valence-electron chi connectivity index (χ1n) is 6.78. The second kappa shape index (κ2) is 4.50. The van der Waals surface area contributed by atoms with Crippen molar-refractivity contribution in [3.8, 4) is 0 Å². The molecule has 0 amide bonds. The molecule has 1 aromatic carbocycles. The molecule has 3 nitrogen and oxygen atoms in total. The Labute approximate surface area is 126 Å². The number of hydrogen-bond donors (Lipinski definition) is 0. The third-order valence-electron chi connectivity index (χ3n) is 4.76. The number of fused-ring (bicyclic) bond motifs is 5. The van der Waals surface area contributed by atoms with E-state index in [0.29, 0.717) is 0 Å². The van der Waals surface area contributed by atoms with Crippen molar-refractivity contribution < 1.29 is 14.3 Å². The lowest BCUT2D eigenvalue weighted by atomic mass is 9.80. The maximum absolute atomic E-state index is 11.9. The molecule has 1 aromatic rings. The summed E-state index contributed by atoms with van der Waals surface area (Å²) in [4.78, 5) is 24.8. The van der Waals surface area contributed by atoms with Crippen molar-refractivity contribution in [2.75, 3.05) is 0 Å². The van der Waals surface area contributed by atoms with Crippen molar-refractivity contribution in [2.45, 2.75) is 21.9 Å². The van der Waals surface area contributed by atoms with Gasteiger partial charge in [-0.05, 0) is 30.4 Å². The highest BCUT2D eigenvalue weighted by atomic mass is 35.5. The molecule has 0 spiro atoms. The second-order valence-corrected chi connectivity index (χ2v) is 7.45. The largest absolute Gasteiger partial charge is 0.393 e. The number of halogens is 1. The smallest absolute Gasteiger partial charge is 0.317 e. The molecule has 0 unspecified atom stereocenters. The van der Waals surface area contributed by atoms with Crippen LogP contribution in [0, 0.1) is 23.7 Å². The predicted octanol–water partition coefficient (Wildman–Crippen LogP) is 2.72. The fourth-order valence-corrected chi connectivity index (χ4v) is 5.99. The summed E-state index contributed by atoms with van der Waals surface area (Å²) in [5.74, 6) is -0.995.